The molecule has 0 radical (unpaired) electrons. The summed E-state index contributed by atoms with van der Waals surface area (Å²) in [4.78, 5) is 0. The summed E-state index contributed by atoms with van der Waals surface area (Å²) < 4.78 is 6.55. The van der Waals surface area contributed by atoms with Crippen LogP contribution in [0.4, 0.5) is 0 Å². The maximum atomic E-state index is 9.35. The summed E-state index contributed by atoms with van der Waals surface area (Å²) >= 11 is 3.46. The van der Waals surface area contributed by atoms with Gasteiger partial charge in [0.25, 0.3) is 0 Å². The Bertz CT molecular complexity index is 567. The highest BCUT2D eigenvalue weighted by Gasteiger charge is 2.21. The van der Waals surface area contributed by atoms with Gasteiger partial charge < -0.3 is 14.8 Å². The Morgan fingerprint density at radius 1 is 1.35 bits per heavy atom. The third kappa shape index (κ3) is 3.45. The zero-order valence-electron chi connectivity index (χ0n) is 11.6. The number of nitrogens with zero attached hydrogens (tertiary/aromatic N) is 2. The lowest BCUT2D eigenvalue weighted by Gasteiger charge is -2.26. The molecule has 0 spiro atoms. The first-order valence-electron chi connectivity index (χ1n) is 6.51. The lowest BCUT2D eigenvalue weighted by molar-refractivity contribution is 0.165. The van der Waals surface area contributed by atoms with Gasteiger partial charge in [-0.15, -0.1) is 10.2 Å². The molecule has 0 aliphatic heterocycles. The molecule has 20 heavy (non-hydrogen) atoms. The zero-order chi connectivity index (χ0) is 14.6. The van der Waals surface area contributed by atoms with Crippen LogP contribution >= 0.6 is 15.9 Å². The Balaban J connectivity index is 2.09. The number of aromatic nitrogens is 2. The smallest absolute Gasteiger partial charge is 0.248 e. The Morgan fingerprint density at radius 3 is 2.75 bits per heavy atom. The van der Waals surface area contributed by atoms with Gasteiger partial charge in [0.05, 0.1) is 18.7 Å². The molecule has 0 aliphatic rings. The Labute approximate surface area is 126 Å². The fourth-order valence-electron chi connectivity index (χ4n) is 1.65. The van der Waals surface area contributed by atoms with Gasteiger partial charge in [-0.25, -0.2) is 0 Å². The molecule has 0 amide bonds. The van der Waals surface area contributed by atoms with E-state index in [1.807, 2.05) is 38.1 Å². The molecular weight excluding hydrogens is 322 g/mol. The van der Waals surface area contributed by atoms with Crippen molar-refractivity contribution in [2.45, 2.75) is 32.4 Å². The van der Waals surface area contributed by atoms with Crippen LogP contribution in [-0.2, 0) is 6.54 Å². The lowest BCUT2D eigenvalue weighted by atomic mass is 10.0. The van der Waals surface area contributed by atoms with Crippen molar-refractivity contribution in [1.82, 2.24) is 15.5 Å². The molecule has 108 valence electrons. The van der Waals surface area contributed by atoms with Gasteiger partial charge in [-0.1, -0.05) is 19.1 Å². The highest BCUT2D eigenvalue weighted by molar-refractivity contribution is 9.10. The third-order valence-corrected chi connectivity index (χ3v) is 4.06. The number of rotatable bonds is 6. The quantitative estimate of drug-likeness (QED) is 0.846. The molecule has 1 unspecified atom stereocenters. The summed E-state index contributed by atoms with van der Waals surface area (Å²) in [6.45, 7) is 4.47. The van der Waals surface area contributed by atoms with Gasteiger partial charge in [0.1, 0.15) is 0 Å². The van der Waals surface area contributed by atoms with Crippen molar-refractivity contribution < 1.29 is 9.52 Å². The molecule has 2 aromatic rings. The molecule has 0 saturated carbocycles. The minimum atomic E-state index is -0.331. The number of aliphatic hydroxyl groups excluding tert-OH is 1. The van der Waals surface area contributed by atoms with Crippen molar-refractivity contribution in [3.8, 4) is 11.5 Å². The molecular formula is C14H18BrN3O2. The first-order chi connectivity index (χ1) is 9.58. The van der Waals surface area contributed by atoms with Gasteiger partial charge in [0, 0.05) is 10.0 Å². The van der Waals surface area contributed by atoms with Crippen molar-refractivity contribution in [2.75, 3.05) is 6.61 Å². The maximum Gasteiger partial charge on any atom is 0.248 e. The third-order valence-electron chi connectivity index (χ3n) is 3.37. The van der Waals surface area contributed by atoms with Crippen molar-refractivity contribution in [3.05, 3.63) is 34.6 Å². The number of halogens is 1. The summed E-state index contributed by atoms with van der Waals surface area (Å²) in [6, 6.07) is 7.69. The summed E-state index contributed by atoms with van der Waals surface area (Å²) in [5.41, 5.74) is 0.536. The Morgan fingerprint density at radius 2 is 2.10 bits per heavy atom. The number of hydrogen-bond acceptors (Lipinski definition) is 5. The zero-order valence-corrected chi connectivity index (χ0v) is 13.1. The highest BCUT2D eigenvalue weighted by Crippen LogP contribution is 2.26. The molecule has 2 N–H and O–H groups in total. The maximum absolute atomic E-state index is 9.35. The second kappa shape index (κ2) is 6.47. The van der Waals surface area contributed by atoms with Gasteiger partial charge >= 0.3 is 0 Å². The molecule has 1 atom stereocenters. The minimum absolute atomic E-state index is 0.0642. The van der Waals surface area contributed by atoms with Crippen LogP contribution in [0.15, 0.2) is 33.2 Å². The van der Waals surface area contributed by atoms with Crippen molar-refractivity contribution >= 4 is 15.9 Å². The molecule has 0 aliphatic carbocycles. The van der Waals surface area contributed by atoms with E-state index >= 15 is 0 Å². The first kappa shape index (κ1) is 15.2. The van der Waals surface area contributed by atoms with Crippen LogP contribution in [0.25, 0.3) is 11.5 Å². The van der Waals surface area contributed by atoms with E-state index < -0.39 is 0 Å². The largest absolute Gasteiger partial charge is 0.419 e. The summed E-state index contributed by atoms with van der Waals surface area (Å²) in [5, 5.41) is 20.7. The SMILES string of the molecule is CCC(C)(CO)NCc1nnc(-c2ccccc2Br)o1. The van der Waals surface area contributed by atoms with E-state index in [9.17, 15) is 5.11 Å². The number of aliphatic hydroxyl groups is 1. The van der Waals surface area contributed by atoms with Crippen LogP contribution in [0.5, 0.6) is 0 Å². The van der Waals surface area contributed by atoms with Crippen molar-refractivity contribution in [2.24, 2.45) is 0 Å². The van der Waals surface area contributed by atoms with Crippen LogP contribution in [0, 0.1) is 0 Å². The van der Waals surface area contributed by atoms with E-state index in [0.717, 1.165) is 16.5 Å². The van der Waals surface area contributed by atoms with Crippen molar-refractivity contribution in [3.63, 3.8) is 0 Å². The first-order valence-corrected chi connectivity index (χ1v) is 7.30. The van der Waals surface area contributed by atoms with Gasteiger partial charge in [-0.05, 0) is 41.4 Å². The molecule has 1 heterocycles. The van der Waals surface area contributed by atoms with E-state index in [4.69, 9.17) is 4.42 Å². The summed E-state index contributed by atoms with van der Waals surface area (Å²) in [5.74, 6) is 0.986. The molecule has 0 bridgehead atoms. The van der Waals surface area contributed by atoms with Gasteiger partial charge in [0.2, 0.25) is 11.8 Å². The summed E-state index contributed by atoms with van der Waals surface area (Å²) in [6.07, 6.45) is 0.814. The lowest BCUT2D eigenvalue weighted by Crippen LogP contribution is -2.44. The van der Waals surface area contributed by atoms with Crippen LogP contribution in [0.2, 0.25) is 0 Å². The predicted molar refractivity (Wildman–Crippen MR) is 80.1 cm³/mol. The van der Waals surface area contributed by atoms with Gasteiger partial charge in [-0.2, -0.15) is 0 Å². The number of nitrogens with one attached hydrogen (secondary N) is 1. The Kier molecular flexibility index (Phi) is 4.91. The molecule has 6 heteroatoms. The average Bonchev–Trinajstić information content (AvgIpc) is 2.94. The molecule has 2 rings (SSSR count). The van der Waals surface area contributed by atoms with E-state index in [-0.39, 0.29) is 12.1 Å². The second-order valence-corrected chi connectivity index (χ2v) is 5.76. The molecule has 0 fully saturated rings. The van der Waals surface area contributed by atoms with Crippen LogP contribution in [0.3, 0.4) is 0 Å². The summed E-state index contributed by atoms with van der Waals surface area (Å²) in [7, 11) is 0. The van der Waals surface area contributed by atoms with Crippen LogP contribution < -0.4 is 5.32 Å². The fraction of sp³-hybridized carbons (Fsp3) is 0.429. The second-order valence-electron chi connectivity index (χ2n) is 4.91. The molecule has 1 aromatic carbocycles. The Hall–Kier alpha value is -1.24. The fourth-order valence-corrected chi connectivity index (χ4v) is 2.10. The van der Waals surface area contributed by atoms with Crippen LogP contribution in [0.1, 0.15) is 26.2 Å². The van der Waals surface area contributed by atoms with Crippen LogP contribution in [-0.4, -0.2) is 27.4 Å². The predicted octanol–water partition coefficient (Wildman–Crippen LogP) is 2.75. The number of benzene rings is 1. The average molecular weight is 340 g/mol. The van der Waals surface area contributed by atoms with E-state index in [1.165, 1.54) is 0 Å². The topological polar surface area (TPSA) is 71.2 Å². The monoisotopic (exact) mass is 339 g/mol. The molecule has 5 nitrogen and oxygen atoms in total. The molecule has 1 aromatic heterocycles. The minimum Gasteiger partial charge on any atom is -0.419 e. The standard InChI is InChI=1S/C14H18BrN3O2/c1-3-14(2,9-19)16-8-12-17-18-13(20-12)10-6-4-5-7-11(10)15/h4-7,16,19H,3,8-9H2,1-2H3. The van der Waals surface area contributed by atoms with E-state index in [2.05, 4.69) is 31.4 Å². The number of hydrogen-bond donors (Lipinski definition) is 2. The van der Waals surface area contributed by atoms with E-state index in [0.29, 0.717) is 18.3 Å². The van der Waals surface area contributed by atoms with Gasteiger partial charge in [0.15, 0.2) is 0 Å². The normalized spacial score (nSPS) is 14.2. The highest BCUT2D eigenvalue weighted by atomic mass is 79.9. The van der Waals surface area contributed by atoms with E-state index in [1.54, 1.807) is 0 Å². The molecule has 0 saturated heterocycles. The van der Waals surface area contributed by atoms with Crippen molar-refractivity contribution in [1.29, 1.82) is 0 Å². The van der Waals surface area contributed by atoms with Gasteiger partial charge in [-0.3, -0.25) is 0 Å².